The van der Waals surface area contributed by atoms with Crippen LogP contribution >= 0.6 is 0 Å². The number of carboxylic acid groups (broad SMARTS) is 1. The second kappa shape index (κ2) is 7.64. The first-order valence-electron chi connectivity index (χ1n) is 12.1. The third kappa shape index (κ3) is 3.06. The highest BCUT2D eigenvalue weighted by Crippen LogP contribution is 2.72. The van der Waals surface area contributed by atoms with Gasteiger partial charge in [-0.05, 0) is 62.2 Å². The van der Waals surface area contributed by atoms with E-state index in [1.807, 2.05) is 13.8 Å². The van der Waals surface area contributed by atoms with Gasteiger partial charge in [-0.2, -0.15) is 0 Å². The minimum atomic E-state index is -1.88. The summed E-state index contributed by atoms with van der Waals surface area (Å²) in [4.78, 5) is 51.6. The van der Waals surface area contributed by atoms with Crippen LogP contribution in [0.4, 0.5) is 0 Å². The summed E-state index contributed by atoms with van der Waals surface area (Å²) in [5.74, 6) is -3.71. The number of ether oxygens (including phenoxy) is 3. The van der Waals surface area contributed by atoms with E-state index in [0.717, 1.165) is 18.4 Å². The summed E-state index contributed by atoms with van der Waals surface area (Å²) in [6, 6.07) is 0. The Labute approximate surface area is 200 Å². The molecule has 2 aliphatic carbocycles. The van der Waals surface area contributed by atoms with Gasteiger partial charge >= 0.3 is 17.9 Å². The summed E-state index contributed by atoms with van der Waals surface area (Å²) in [6.07, 6.45) is 1.31. The van der Waals surface area contributed by atoms with Crippen LogP contribution in [0.15, 0.2) is 12.2 Å². The molecule has 2 aliphatic heterocycles. The third-order valence-electron chi connectivity index (χ3n) is 9.92. The smallest absolute Gasteiger partial charge is 0.345 e. The molecule has 9 atom stereocenters. The van der Waals surface area contributed by atoms with E-state index in [4.69, 9.17) is 14.2 Å². The van der Waals surface area contributed by atoms with E-state index in [1.165, 1.54) is 14.0 Å². The molecule has 4 rings (SSSR count). The first kappa shape index (κ1) is 24.9. The Morgan fingerprint density at radius 1 is 1.21 bits per heavy atom. The third-order valence-corrected chi connectivity index (χ3v) is 9.92. The Bertz CT molecular complexity index is 972. The number of carbonyl (C=O) groups is 4. The second-order valence-electron chi connectivity index (χ2n) is 11.8. The van der Waals surface area contributed by atoms with E-state index in [0.29, 0.717) is 12.8 Å². The summed E-state index contributed by atoms with van der Waals surface area (Å²) >= 11 is 0. The van der Waals surface area contributed by atoms with Crippen LogP contribution in [0.25, 0.3) is 0 Å². The van der Waals surface area contributed by atoms with Gasteiger partial charge in [-0.25, -0.2) is 4.79 Å². The molecule has 2 heterocycles. The Kier molecular flexibility index (Phi) is 5.59. The van der Waals surface area contributed by atoms with E-state index in [1.54, 1.807) is 0 Å². The van der Waals surface area contributed by atoms with Crippen molar-refractivity contribution < 1.29 is 38.5 Å². The van der Waals surface area contributed by atoms with Gasteiger partial charge in [0, 0.05) is 17.8 Å². The first-order valence-corrected chi connectivity index (χ1v) is 12.1. The number of hydrogen-bond donors (Lipinski definition) is 1. The van der Waals surface area contributed by atoms with Crippen molar-refractivity contribution >= 4 is 23.7 Å². The van der Waals surface area contributed by atoms with E-state index in [-0.39, 0.29) is 18.3 Å². The fourth-order valence-corrected chi connectivity index (χ4v) is 8.31. The van der Waals surface area contributed by atoms with Gasteiger partial charge in [-0.15, -0.1) is 0 Å². The summed E-state index contributed by atoms with van der Waals surface area (Å²) in [6.45, 7) is 13.5. The number of rotatable bonds is 5. The maximum atomic E-state index is 14.0. The van der Waals surface area contributed by atoms with Crippen LogP contribution in [0.3, 0.4) is 0 Å². The largest absolute Gasteiger partial charge is 0.481 e. The predicted molar refractivity (Wildman–Crippen MR) is 120 cm³/mol. The van der Waals surface area contributed by atoms with Crippen molar-refractivity contribution in [2.24, 2.45) is 39.9 Å². The van der Waals surface area contributed by atoms with Gasteiger partial charge in [0.25, 0.3) is 0 Å². The molecule has 0 aromatic rings. The van der Waals surface area contributed by atoms with E-state index in [9.17, 15) is 24.3 Å². The number of allylic oxidation sites excluding steroid dienone is 1. The topological polar surface area (TPSA) is 116 Å². The summed E-state index contributed by atoms with van der Waals surface area (Å²) in [5.41, 5.74) is -2.98. The van der Waals surface area contributed by atoms with Gasteiger partial charge in [0.15, 0.2) is 5.78 Å². The van der Waals surface area contributed by atoms with Crippen LogP contribution in [-0.4, -0.2) is 47.8 Å². The zero-order chi connectivity index (χ0) is 25.4. The Balaban J connectivity index is 1.88. The number of ketones is 1. The lowest BCUT2D eigenvalue weighted by molar-refractivity contribution is -0.261. The number of carboxylic acids is 1. The number of esters is 2. The molecular formula is C26H36O8. The molecule has 4 aliphatic rings. The number of hydrogen-bond acceptors (Lipinski definition) is 7. The molecule has 188 valence electrons. The van der Waals surface area contributed by atoms with Crippen molar-refractivity contribution in [2.75, 3.05) is 7.11 Å². The van der Waals surface area contributed by atoms with Crippen molar-refractivity contribution in [1.29, 1.82) is 0 Å². The number of aliphatic carboxylic acids is 1. The Hall–Kier alpha value is -2.22. The van der Waals surface area contributed by atoms with Crippen LogP contribution in [-0.2, 0) is 33.4 Å². The normalized spacial score (nSPS) is 47.3. The molecule has 0 aromatic heterocycles. The van der Waals surface area contributed by atoms with E-state index < -0.39 is 63.7 Å². The van der Waals surface area contributed by atoms with Crippen LogP contribution in [0.5, 0.6) is 0 Å². The number of Topliss-reactive ketones (excluding diaryl/α,β-unsaturated/α-hetero) is 1. The molecule has 0 amide bonds. The van der Waals surface area contributed by atoms with Crippen LogP contribution in [0.2, 0.25) is 0 Å². The zero-order valence-electron chi connectivity index (χ0n) is 20.9. The lowest BCUT2D eigenvalue weighted by atomic mass is 9.38. The molecule has 0 bridgehead atoms. The Morgan fingerprint density at radius 3 is 2.41 bits per heavy atom. The zero-order valence-corrected chi connectivity index (χ0v) is 20.9. The van der Waals surface area contributed by atoms with Gasteiger partial charge in [0.2, 0.25) is 11.9 Å². The molecule has 8 nitrogen and oxygen atoms in total. The summed E-state index contributed by atoms with van der Waals surface area (Å²) < 4.78 is 16.5. The van der Waals surface area contributed by atoms with Crippen LogP contribution in [0, 0.1) is 39.9 Å². The van der Waals surface area contributed by atoms with Crippen molar-refractivity contribution in [1.82, 2.24) is 0 Å². The molecular weight excluding hydrogens is 440 g/mol. The minimum Gasteiger partial charge on any atom is -0.481 e. The standard InChI is InChI=1S/C26H36O8/c1-13(2)14-8-10-24(4)15(23(14,3)11-9-16(27)28)12-25(5)18-17(24)19(29)33-20(18)34-26(6,21(25)30)22(31)32-7/h14-15,17-18,20H,1,8-12H2,2-7H3,(H,27,28)/t14-,15+,17+,18-,20-,23-,24+,25-,26+/m1/s1. The summed E-state index contributed by atoms with van der Waals surface area (Å²) in [5, 5.41) is 9.51. The van der Waals surface area contributed by atoms with Crippen LogP contribution < -0.4 is 0 Å². The van der Waals surface area contributed by atoms with Crippen molar-refractivity contribution in [2.45, 2.75) is 78.6 Å². The number of carbonyl (C=O) groups excluding carboxylic acids is 3. The van der Waals surface area contributed by atoms with Gasteiger partial charge < -0.3 is 19.3 Å². The molecule has 4 fully saturated rings. The van der Waals surface area contributed by atoms with Crippen molar-refractivity contribution in [3.63, 3.8) is 0 Å². The first-order chi connectivity index (χ1) is 15.7. The average molecular weight is 477 g/mol. The molecule has 1 N–H and O–H groups in total. The maximum absolute atomic E-state index is 14.0. The van der Waals surface area contributed by atoms with Crippen LogP contribution in [0.1, 0.15) is 66.7 Å². The molecule has 2 saturated carbocycles. The van der Waals surface area contributed by atoms with E-state index >= 15 is 0 Å². The Morgan fingerprint density at radius 2 is 1.85 bits per heavy atom. The average Bonchev–Trinajstić information content (AvgIpc) is 3.09. The fourth-order valence-electron chi connectivity index (χ4n) is 8.31. The lowest BCUT2D eigenvalue weighted by Gasteiger charge is -2.65. The maximum Gasteiger partial charge on any atom is 0.345 e. The number of methoxy groups -OCH3 is 1. The second-order valence-corrected chi connectivity index (χ2v) is 11.8. The highest BCUT2D eigenvalue weighted by Gasteiger charge is 2.76. The molecule has 0 spiro atoms. The monoisotopic (exact) mass is 476 g/mol. The molecule has 34 heavy (non-hydrogen) atoms. The highest BCUT2D eigenvalue weighted by atomic mass is 16.7. The molecule has 2 saturated heterocycles. The van der Waals surface area contributed by atoms with Gasteiger partial charge in [-0.1, -0.05) is 32.9 Å². The van der Waals surface area contributed by atoms with E-state index in [2.05, 4.69) is 20.4 Å². The molecule has 0 radical (unpaired) electrons. The predicted octanol–water partition coefficient (Wildman–Crippen LogP) is 3.52. The fraction of sp³-hybridized carbons (Fsp3) is 0.769. The molecule has 8 heteroatoms. The van der Waals surface area contributed by atoms with Crippen molar-refractivity contribution in [3.8, 4) is 0 Å². The van der Waals surface area contributed by atoms with Gasteiger partial charge in [0.05, 0.1) is 13.0 Å². The lowest BCUT2D eigenvalue weighted by Crippen LogP contribution is -2.69. The minimum absolute atomic E-state index is 0.0122. The number of fused-ring (bicyclic) bond motifs is 2. The van der Waals surface area contributed by atoms with Gasteiger partial charge in [0.1, 0.15) is 0 Å². The molecule has 0 aromatic carbocycles. The quantitative estimate of drug-likeness (QED) is 0.364. The van der Waals surface area contributed by atoms with Crippen molar-refractivity contribution in [3.05, 3.63) is 12.2 Å². The molecule has 0 unspecified atom stereocenters. The summed E-state index contributed by atoms with van der Waals surface area (Å²) in [7, 11) is 1.20. The highest BCUT2D eigenvalue weighted by molar-refractivity contribution is 6.10. The van der Waals surface area contributed by atoms with Gasteiger partial charge in [-0.3, -0.25) is 14.4 Å². The SMILES string of the molecule is C=C(C)[C@H]1CC[C@@]2(C)[C@@H](C[C@@]3(C)C(=O)[C@@](C)(C(=O)OC)O[C@H]4OC(=O)[C@@H]2[C@H]43)[C@]1(C)CCC(=O)O.